The van der Waals surface area contributed by atoms with Crippen LogP contribution in [0.3, 0.4) is 0 Å². The van der Waals surface area contributed by atoms with E-state index in [-0.39, 0.29) is 30.8 Å². The van der Waals surface area contributed by atoms with Crippen molar-refractivity contribution in [3.05, 3.63) is 23.5 Å². The highest BCUT2D eigenvalue weighted by Gasteiger charge is 2.33. The van der Waals surface area contributed by atoms with E-state index < -0.39 is 6.04 Å². The molecule has 1 fully saturated rings. The number of carbonyl (C=O) groups excluding carboxylic acids is 4. The third-order valence-electron chi connectivity index (χ3n) is 4.25. The molecular weight excluding hydrogens is 326 g/mol. The largest absolute Gasteiger partial charge is 0.500 e. The molecule has 0 saturated carbocycles. The van der Waals surface area contributed by atoms with Crippen molar-refractivity contribution in [1.82, 2.24) is 15.5 Å². The number of hydrogen-bond acceptors (Lipinski definition) is 5. The molecule has 1 saturated heterocycles. The highest BCUT2D eigenvalue weighted by Crippen LogP contribution is 2.20. The number of carbonyl (C=O) groups is 4. The lowest BCUT2D eigenvalue weighted by molar-refractivity contribution is -0.138. The van der Waals surface area contributed by atoms with E-state index in [1.165, 1.54) is 12.0 Å². The van der Waals surface area contributed by atoms with Gasteiger partial charge in [-0.2, -0.15) is 0 Å². The third kappa shape index (κ3) is 4.68. The van der Waals surface area contributed by atoms with Gasteiger partial charge in [-0.25, -0.2) is 0 Å². The Morgan fingerprint density at radius 3 is 2.88 bits per heavy atom. The van der Waals surface area contributed by atoms with Gasteiger partial charge in [0.05, 0.1) is 25.8 Å². The summed E-state index contributed by atoms with van der Waals surface area (Å²) in [4.78, 5) is 48.4. The number of likely N-dealkylation sites (tertiary alicyclic amines) is 1. The first-order valence-electron chi connectivity index (χ1n) is 8.31. The molecule has 0 bridgehead atoms. The molecule has 0 unspecified atom stereocenters. The van der Waals surface area contributed by atoms with Crippen molar-refractivity contribution in [2.24, 2.45) is 0 Å². The van der Waals surface area contributed by atoms with E-state index in [1.807, 2.05) is 6.08 Å². The zero-order valence-electron chi connectivity index (χ0n) is 14.2. The summed E-state index contributed by atoms with van der Waals surface area (Å²) in [5, 5.41) is 5.06. The third-order valence-corrected chi connectivity index (χ3v) is 4.25. The van der Waals surface area contributed by atoms with Crippen LogP contribution in [0.5, 0.6) is 0 Å². The van der Waals surface area contributed by atoms with Gasteiger partial charge < -0.3 is 25.1 Å². The number of ether oxygens (including phenoxy) is 1. The Hall–Kier alpha value is -2.64. The van der Waals surface area contributed by atoms with Crippen molar-refractivity contribution >= 4 is 24.0 Å². The predicted molar refractivity (Wildman–Crippen MR) is 89.2 cm³/mol. The number of methoxy groups -OCH3 is 1. The van der Waals surface area contributed by atoms with Gasteiger partial charge in [-0.15, -0.1) is 0 Å². The second kappa shape index (κ2) is 9.00. The van der Waals surface area contributed by atoms with Gasteiger partial charge in [0, 0.05) is 13.0 Å². The maximum Gasteiger partial charge on any atom is 0.255 e. The minimum atomic E-state index is -0.590. The van der Waals surface area contributed by atoms with E-state index in [2.05, 4.69) is 10.6 Å². The summed E-state index contributed by atoms with van der Waals surface area (Å²) in [6, 6.07) is -0.590. The van der Waals surface area contributed by atoms with Crippen LogP contribution >= 0.6 is 0 Å². The molecule has 0 aromatic heterocycles. The van der Waals surface area contributed by atoms with Crippen LogP contribution in [0.15, 0.2) is 23.5 Å². The van der Waals surface area contributed by atoms with E-state index in [4.69, 9.17) is 4.74 Å². The zero-order chi connectivity index (χ0) is 18.2. The highest BCUT2D eigenvalue weighted by atomic mass is 16.5. The molecule has 0 spiro atoms. The lowest BCUT2D eigenvalue weighted by Gasteiger charge is -2.24. The summed E-state index contributed by atoms with van der Waals surface area (Å²) in [5.41, 5.74) is 0.420. The van der Waals surface area contributed by atoms with E-state index >= 15 is 0 Å². The first kappa shape index (κ1) is 18.7. The number of amides is 3. The first-order chi connectivity index (χ1) is 12.1. The Morgan fingerprint density at radius 1 is 1.36 bits per heavy atom. The fourth-order valence-corrected chi connectivity index (χ4v) is 3.01. The number of nitrogens with zero attached hydrogens (tertiary/aromatic N) is 1. The average Bonchev–Trinajstić information content (AvgIpc) is 3.13. The maximum absolute atomic E-state index is 12.4. The van der Waals surface area contributed by atoms with Gasteiger partial charge in [-0.1, -0.05) is 12.2 Å². The van der Waals surface area contributed by atoms with Crippen molar-refractivity contribution in [3.8, 4) is 0 Å². The van der Waals surface area contributed by atoms with E-state index in [9.17, 15) is 19.2 Å². The second-order valence-corrected chi connectivity index (χ2v) is 5.82. The van der Waals surface area contributed by atoms with Crippen molar-refractivity contribution in [2.75, 3.05) is 26.7 Å². The van der Waals surface area contributed by atoms with E-state index in [0.29, 0.717) is 43.4 Å². The molecule has 2 aliphatic rings. The molecule has 0 aromatic carbocycles. The van der Waals surface area contributed by atoms with Crippen LogP contribution in [0, 0.1) is 0 Å². The normalized spacial score (nSPS) is 19.6. The molecule has 3 amide bonds. The summed E-state index contributed by atoms with van der Waals surface area (Å²) < 4.78 is 5.21. The van der Waals surface area contributed by atoms with Gasteiger partial charge in [0.15, 0.2) is 0 Å². The Labute approximate surface area is 146 Å². The number of hydrogen-bond donors (Lipinski definition) is 2. The van der Waals surface area contributed by atoms with Gasteiger partial charge in [0.25, 0.3) is 5.91 Å². The number of allylic oxidation sites excluding steroid dienone is 2. The Kier molecular flexibility index (Phi) is 6.73. The molecule has 136 valence electrons. The summed E-state index contributed by atoms with van der Waals surface area (Å²) in [6.07, 6.45) is 6.88. The quantitative estimate of drug-likeness (QED) is 0.612. The smallest absolute Gasteiger partial charge is 0.255 e. The van der Waals surface area contributed by atoms with Crippen LogP contribution in [0.1, 0.15) is 25.7 Å². The van der Waals surface area contributed by atoms with Crippen molar-refractivity contribution < 1.29 is 23.9 Å². The van der Waals surface area contributed by atoms with Crippen LogP contribution < -0.4 is 10.6 Å². The summed E-state index contributed by atoms with van der Waals surface area (Å²) in [5.74, 6) is -0.442. The lowest BCUT2D eigenvalue weighted by Crippen LogP contribution is -2.49. The summed E-state index contributed by atoms with van der Waals surface area (Å²) in [6.45, 7) is 0.193. The van der Waals surface area contributed by atoms with Crippen LogP contribution in [0.4, 0.5) is 0 Å². The molecule has 8 nitrogen and oxygen atoms in total. The monoisotopic (exact) mass is 349 g/mol. The van der Waals surface area contributed by atoms with Gasteiger partial charge in [-0.05, 0) is 19.3 Å². The molecule has 1 heterocycles. The summed E-state index contributed by atoms with van der Waals surface area (Å²) >= 11 is 0. The van der Waals surface area contributed by atoms with Crippen molar-refractivity contribution in [2.45, 2.75) is 31.7 Å². The molecule has 0 aromatic rings. The minimum Gasteiger partial charge on any atom is -0.500 e. The molecular formula is C17H23N3O5. The van der Waals surface area contributed by atoms with Crippen LogP contribution in [-0.4, -0.2) is 61.7 Å². The van der Waals surface area contributed by atoms with Crippen LogP contribution in [0.2, 0.25) is 0 Å². The molecule has 2 rings (SSSR count). The zero-order valence-corrected chi connectivity index (χ0v) is 14.2. The van der Waals surface area contributed by atoms with Gasteiger partial charge >= 0.3 is 0 Å². The van der Waals surface area contributed by atoms with Gasteiger partial charge in [0.2, 0.25) is 11.8 Å². The fourth-order valence-electron chi connectivity index (χ4n) is 3.01. The highest BCUT2D eigenvalue weighted by molar-refractivity contribution is 5.99. The predicted octanol–water partition coefficient (Wildman–Crippen LogP) is -0.341. The minimum absolute atomic E-state index is 0.0750. The standard InChI is InChI=1S/C17H23N3O5/c1-25-14-7-3-2-5-12(14)16(23)19-11-15(22)20-9-4-6-13(20)17(24)18-8-10-21/h2,5,10,13H,3-4,6-9,11H2,1H3,(H,18,24)(H,19,23)/t13-/m0/s1. The van der Waals surface area contributed by atoms with Crippen molar-refractivity contribution in [3.63, 3.8) is 0 Å². The number of nitrogens with one attached hydrogen (secondary N) is 2. The topological polar surface area (TPSA) is 105 Å². The van der Waals surface area contributed by atoms with Crippen LogP contribution in [-0.2, 0) is 23.9 Å². The molecule has 1 atom stereocenters. The fraction of sp³-hybridized carbons (Fsp3) is 0.529. The Bertz CT molecular complexity index is 611. The number of aldehydes is 1. The van der Waals surface area contributed by atoms with E-state index in [0.717, 1.165) is 6.42 Å². The summed E-state index contributed by atoms with van der Waals surface area (Å²) in [7, 11) is 1.51. The molecule has 1 aliphatic heterocycles. The molecule has 2 N–H and O–H groups in total. The molecule has 0 radical (unpaired) electrons. The molecule has 25 heavy (non-hydrogen) atoms. The van der Waals surface area contributed by atoms with Gasteiger partial charge in [0.1, 0.15) is 18.1 Å². The van der Waals surface area contributed by atoms with Gasteiger partial charge in [-0.3, -0.25) is 14.4 Å². The SMILES string of the molecule is COC1=C(C(=O)NCC(=O)N2CCC[C@H]2C(=O)NCC=O)C=CCC1. The molecule has 8 heteroatoms. The maximum atomic E-state index is 12.4. The lowest BCUT2D eigenvalue weighted by atomic mass is 10.0. The average molecular weight is 349 g/mol. The molecule has 1 aliphatic carbocycles. The Balaban J connectivity index is 1.92. The number of rotatable bonds is 7. The van der Waals surface area contributed by atoms with Crippen molar-refractivity contribution in [1.29, 1.82) is 0 Å². The van der Waals surface area contributed by atoms with E-state index in [1.54, 1.807) is 6.08 Å². The first-order valence-corrected chi connectivity index (χ1v) is 8.31. The Morgan fingerprint density at radius 2 is 2.16 bits per heavy atom. The second-order valence-electron chi connectivity index (χ2n) is 5.82. The van der Waals surface area contributed by atoms with Crippen LogP contribution in [0.25, 0.3) is 0 Å².